The summed E-state index contributed by atoms with van der Waals surface area (Å²) >= 11 is 3.50. The van der Waals surface area contributed by atoms with Crippen molar-refractivity contribution in [3.05, 3.63) is 94.2 Å². The molecule has 2 aromatic carbocycles. The fourth-order valence-corrected chi connectivity index (χ4v) is 3.14. The summed E-state index contributed by atoms with van der Waals surface area (Å²) in [5, 5.41) is 0. The number of carbonyl (C=O) groups excluding carboxylic acids is 1. The molecule has 0 unspecified atom stereocenters. The monoisotopic (exact) mass is 410 g/mol. The van der Waals surface area contributed by atoms with Crippen LogP contribution in [-0.2, 0) is 4.79 Å². The van der Waals surface area contributed by atoms with Crippen LogP contribution in [0.25, 0.3) is 6.08 Å². The highest BCUT2D eigenvalue weighted by molar-refractivity contribution is 9.10. The number of hydrogen-bond acceptors (Lipinski definition) is 3. The molecule has 2 heterocycles. The van der Waals surface area contributed by atoms with Gasteiger partial charge in [-0.1, -0.05) is 34.1 Å². The lowest BCUT2D eigenvalue weighted by molar-refractivity contribution is -0.113. The average molecular weight is 411 g/mol. The molecule has 0 spiro atoms. The van der Waals surface area contributed by atoms with Crippen molar-refractivity contribution < 1.29 is 13.6 Å². The number of nitrogens with zero attached hydrogens (tertiary/aromatic N) is 2. The minimum absolute atomic E-state index is 0.245. The normalized spacial score (nSPS) is 15.6. The van der Waals surface area contributed by atoms with Gasteiger partial charge in [0.25, 0.3) is 5.91 Å². The summed E-state index contributed by atoms with van der Waals surface area (Å²) in [6, 6.07) is 16.7. The zero-order valence-electron chi connectivity index (χ0n) is 13.4. The van der Waals surface area contributed by atoms with E-state index in [4.69, 9.17) is 4.42 Å². The van der Waals surface area contributed by atoms with Crippen LogP contribution in [0.2, 0.25) is 0 Å². The molecule has 0 saturated carbocycles. The summed E-state index contributed by atoms with van der Waals surface area (Å²) in [7, 11) is 0. The van der Waals surface area contributed by atoms with E-state index in [2.05, 4.69) is 20.9 Å². The Kier molecular flexibility index (Phi) is 4.26. The van der Waals surface area contributed by atoms with Crippen LogP contribution in [0.3, 0.4) is 0 Å². The highest BCUT2D eigenvalue weighted by atomic mass is 79.9. The maximum atomic E-state index is 13.3. The molecule has 0 bridgehead atoms. The third-order valence-electron chi connectivity index (χ3n) is 3.88. The molecule has 4 nitrogen and oxygen atoms in total. The smallest absolute Gasteiger partial charge is 0.282 e. The quantitative estimate of drug-likeness (QED) is 0.569. The number of amides is 1. The largest absolute Gasteiger partial charge is 0.465 e. The minimum Gasteiger partial charge on any atom is -0.465 e. The Labute approximate surface area is 157 Å². The van der Waals surface area contributed by atoms with Gasteiger partial charge in [-0.15, -0.1) is 0 Å². The third kappa shape index (κ3) is 2.99. The first-order valence-electron chi connectivity index (χ1n) is 7.82. The van der Waals surface area contributed by atoms with Gasteiger partial charge < -0.3 is 4.42 Å². The first-order valence-corrected chi connectivity index (χ1v) is 8.61. The molecular weight excluding hydrogens is 399 g/mol. The number of benzene rings is 2. The van der Waals surface area contributed by atoms with E-state index in [0.717, 1.165) is 10.0 Å². The van der Waals surface area contributed by atoms with Crippen LogP contribution >= 0.6 is 15.9 Å². The number of hydrogen-bond donors (Lipinski definition) is 0. The maximum absolute atomic E-state index is 13.3. The van der Waals surface area contributed by atoms with Crippen LogP contribution in [0.4, 0.5) is 10.1 Å². The summed E-state index contributed by atoms with van der Waals surface area (Å²) in [6.45, 7) is 0. The van der Waals surface area contributed by atoms with E-state index in [9.17, 15) is 9.18 Å². The Morgan fingerprint density at radius 2 is 1.81 bits per heavy atom. The number of amidine groups is 1. The lowest BCUT2D eigenvalue weighted by atomic mass is 10.1. The zero-order valence-corrected chi connectivity index (χ0v) is 15.0. The Bertz CT molecular complexity index is 1020. The predicted octanol–water partition coefficient (Wildman–Crippen LogP) is 5.02. The second-order valence-electron chi connectivity index (χ2n) is 5.58. The maximum Gasteiger partial charge on any atom is 0.282 e. The Morgan fingerprint density at radius 1 is 1.04 bits per heavy atom. The molecule has 26 heavy (non-hydrogen) atoms. The van der Waals surface area contributed by atoms with Crippen molar-refractivity contribution in [1.82, 2.24) is 0 Å². The fourth-order valence-electron chi connectivity index (χ4n) is 2.68. The molecule has 128 valence electrons. The standard InChI is InChI=1S/C20H12BrFN2O2/c21-17-6-2-1-5-16(17)19-23-18(12-15-4-3-11-26-15)20(25)24(19)14-9-7-13(22)8-10-14/h1-12H/b18-12+. The van der Waals surface area contributed by atoms with E-state index in [1.165, 1.54) is 23.3 Å². The van der Waals surface area contributed by atoms with Crippen molar-refractivity contribution in [3.63, 3.8) is 0 Å². The first-order chi connectivity index (χ1) is 12.6. The van der Waals surface area contributed by atoms with E-state index in [1.54, 1.807) is 30.3 Å². The zero-order chi connectivity index (χ0) is 18.1. The molecule has 0 aliphatic carbocycles. The molecule has 1 amide bonds. The van der Waals surface area contributed by atoms with Gasteiger partial charge in [-0.2, -0.15) is 0 Å². The Morgan fingerprint density at radius 3 is 2.50 bits per heavy atom. The van der Waals surface area contributed by atoms with E-state index in [0.29, 0.717) is 17.3 Å². The van der Waals surface area contributed by atoms with Crippen molar-refractivity contribution >= 4 is 39.4 Å². The van der Waals surface area contributed by atoms with Crippen molar-refractivity contribution in [3.8, 4) is 0 Å². The molecule has 1 aromatic heterocycles. The number of aliphatic imine (C=N–C) groups is 1. The molecule has 0 saturated heterocycles. The van der Waals surface area contributed by atoms with Gasteiger partial charge >= 0.3 is 0 Å². The molecule has 3 aromatic rings. The molecule has 1 aliphatic rings. The molecular formula is C20H12BrFN2O2. The van der Waals surface area contributed by atoms with Crippen molar-refractivity contribution in [1.29, 1.82) is 0 Å². The van der Waals surface area contributed by atoms with E-state index in [1.807, 2.05) is 24.3 Å². The Balaban J connectivity index is 1.86. The van der Waals surface area contributed by atoms with Crippen LogP contribution in [-0.4, -0.2) is 11.7 Å². The topological polar surface area (TPSA) is 45.8 Å². The number of anilines is 1. The van der Waals surface area contributed by atoms with Gasteiger partial charge in [0.2, 0.25) is 0 Å². The lowest BCUT2D eigenvalue weighted by Gasteiger charge is -2.19. The van der Waals surface area contributed by atoms with Gasteiger partial charge in [0.15, 0.2) is 0 Å². The Hall–Kier alpha value is -2.99. The first kappa shape index (κ1) is 16.5. The molecule has 0 radical (unpaired) electrons. The van der Waals surface area contributed by atoms with Gasteiger partial charge in [0.05, 0.1) is 12.0 Å². The van der Waals surface area contributed by atoms with E-state index in [-0.39, 0.29) is 17.4 Å². The van der Waals surface area contributed by atoms with E-state index >= 15 is 0 Å². The lowest BCUT2D eigenvalue weighted by Crippen LogP contribution is -2.32. The van der Waals surface area contributed by atoms with Crippen molar-refractivity contribution in [2.75, 3.05) is 4.90 Å². The second-order valence-corrected chi connectivity index (χ2v) is 6.43. The van der Waals surface area contributed by atoms with Crippen LogP contribution < -0.4 is 4.90 Å². The molecule has 0 fully saturated rings. The van der Waals surface area contributed by atoms with Crippen LogP contribution in [0.15, 0.2) is 86.5 Å². The molecule has 0 N–H and O–H groups in total. The highest BCUT2D eigenvalue weighted by Gasteiger charge is 2.33. The molecule has 1 aliphatic heterocycles. The van der Waals surface area contributed by atoms with Crippen LogP contribution in [0.5, 0.6) is 0 Å². The highest BCUT2D eigenvalue weighted by Crippen LogP contribution is 2.30. The summed E-state index contributed by atoms with van der Waals surface area (Å²) in [5.41, 5.74) is 1.54. The molecule has 6 heteroatoms. The molecule has 4 rings (SSSR count). The van der Waals surface area contributed by atoms with Gasteiger partial charge in [-0.3, -0.25) is 9.69 Å². The predicted molar refractivity (Wildman–Crippen MR) is 101 cm³/mol. The number of carbonyl (C=O) groups is 1. The molecule has 0 atom stereocenters. The number of halogens is 2. The summed E-state index contributed by atoms with van der Waals surface area (Å²) in [5.74, 6) is 0.321. The van der Waals surface area contributed by atoms with Gasteiger partial charge in [0.1, 0.15) is 23.1 Å². The van der Waals surface area contributed by atoms with Crippen LogP contribution in [0.1, 0.15) is 11.3 Å². The third-order valence-corrected chi connectivity index (χ3v) is 4.57. The fraction of sp³-hybridized carbons (Fsp3) is 0. The number of furan rings is 1. The van der Waals surface area contributed by atoms with Crippen LogP contribution in [0, 0.1) is 5.82 Å². The van der Waals surface area contributed by atoms with Gasteiger partial charge in [-0.05, 0) is 42.5 Å². The average Bonchev–Trinajstić information content (AvgIpc) is 3.26. The summed E-state index contributed by atoms with van der Waals surface area (Å²) < 4.78 is 19.4. The second kappa shape index (κ2) is 6.72. The minimum atomic E-state index is -0.369. The van der Waals surface area contributed by atoms with Gasteiger partial charge in [-0.25, -0.2) is 9.38 Å². The summed E-state index contributed by atoms with van der Waals surface area (Å²) in [6.07, 6.45) is 3.12. The SMILES string of the molecule is O=C1/C(=C\c2ccco2)N=C(c2ccccc2Br)N1c1ccc(F)cc1. The van der Waals surface area contributed by atoms with Gasteiger partial charge in [0, 0.05) is 16.1 Å². The van der Waals surface area contributed by atoms with Crippen molar-refractivity contribution in [2.24, 2.45) is 4.99 Å². The summed E-state index contributed by atoms with van der Waals surface area (Å²) in [4.78, 5) is 19.0. The van der Waals surface area contributed by atoms with E-state index < -0.39 is 0 Å². The van der Waals surface area contributed by atoms with Crippen molar-refractivity contribution in [2.45, 2.75) is 0 Å². The number of rotatable bonds is 3.